The van der Waals surface area contributed by atoms with Crippen molar-refractivity contribution in [2.75, 3.05) is 0 Å². The van der Waals surface area contributed by atoms with Gasteiger partial charge in [-0.2, -0.15) is 0 Å². The van der Waals surface area contributed by atoms with Crippen molar-refractivity contribution in [2.45, 2.75) is 33.3 Å². The summed E-state index contributed by atoms with van der Waals surface area (Å²) >= 11 is 0. The molecule has 0 spiro atoms. The standard InChI is InChI=1S/C24H23NO6/c1-3-18(20-22(27)21(19(26)4-2)24(29)31-23(20)28)25-16-10-12-17(13-11-16)30-14-15-8-6-5-7-9-15/h5-13,27,29H,3-4,14H2,1-2H3. The molecule has 2 N–H and O–H groups in total. The molecule has 160 valence electrons. The molecule has 2 aromatic carbocycles. The van der Waals surface area contributed by atoms with E-state index in [1.807, 2.05) is 30.3 Å². The molecular weight excluding hydrogens is 398 g/mol. The van der Waals surface area contributed by atoms with E-state index in [9.17, 15) is 19.8 Å². The van der Waals surface area contributed by atoms with E-state index in [-0.39, 0.29) is 24.1 Å². The minimum atomic E-state index is -0.967. The fourth-order valence-electron chi connectivity index (χ4n) is 3.02. The minimum absolute atomic E-state index is 0.0251. The fraction of sp³-hybridized carbons (Fsp3) is 0.208. The Hall–Kier alpha value is -3.87. The first-order chi connectivity index (χ1) is 14.9. The van der Waals surface area contributed by atoms with Gasteiger partial charge < -0.3 is 19.4 Å². The maximum atomic E-state index is 12.3. The molecule has 0 unspecified atom stereocenters. The first-order valence-electron chi connectivity index (χ1n) is 9.91. The summed E-state index contributed by atoms with van der Waals surface area (Å²) in [6.07, 6.45) is 0.312. The predicted molar refractivity (Wildman–Crippen MR) is 117 cm³/mol. The van der Waals surface area contributed by atoms with E-state index in [0.29, 0.717) is 18.0 Å². The van der Waals surface area contributed by atoms with Gasteiger partial charge >= 0.3 is 5.63 Å². The van der Waals surface area contributed by atoms with Gasteiger partial charge in [-0.25, -0.2) is 4.79 Å². The van der Waals surface area contributed by atoms with Gasteiger partial charge in [-0.3, -0.25) is 9.79 Å². The second kappa shape index (κ2) is 9.75. The van der Waals surface area contributed by atoms with Gasteiger partial charge in [-0.1, -0.05) is 44.2 Å². The van der Waals surface area contributed by atoms with E-state index in [1.165, 1.54) is 0 Å². The number of ketones is 1. The van der Waals surface area contributed by atoms with E-state index in [1.54, 1.807) is 38.1 Å². The summed E-state index contributed by atoms with van der Waals surface area (Å²) in [5.41, 5.74) is 0.189. The number of nitrogens with zero attached hydrogens (tertiary/aromatic N) is 1. The van der Waals surface area contributed by atoms with Crippen molar-refractivity contribution >= 4 is 17.2 Å². The monoisotopic (exact) mass is 421 g/mol. The van der Waals surface area contributed by atoms with Crippen LogP contribution in [0.5, 0.6) is 17.4 Å². The highest BCUT2D eigenvalue weighted by Gasteiger charge is 2.26. The number of aliphatic imine (C=N–C) groups is 1. The molecular formula is C24H23NO6. The van der Waals surface area contributed by atoms with E-state index in [0.717, 1.165) is 5.56 Å². The van der Waals surface area contributed by atoms with Crippen LogP contribution in [-0.2, 0) is 6.61 Å². The Kier molecular flexibility index (Phi) is 6.87. The smallest absolute Gasteiger partial charge is 0.351 e. The maximum absolute atomic E-state index is 12.3. The molecule has 0 aliphatic rings. The summed E-state index contributed by atoms with van der Waals surface area (Å²) in [4.78, 5) is 28.8. The third-order valence-electron chi connectivity index (χ3n) is 4.65. The molecule has 31 heavy (non-hydrogen) atoms. The lowest BCUT2D eigenvalue weighted by atomic mass is 10.0. The highest BCUT2D eigenvalue weighted by molar-refractivity contribution is 6.08. The molecule has 0 bridgehead atoms. The average molecular weight is 421 g/mol. The number of Topliss-reactive ketones (excluding diaryl/α,β-unsaturated/α-hetero) is 1. The maximum Gasteiger partial charge on any atom is 0.351 e. The van der Waals surface area contributed by atoms with Gasteiger partial charge in [0.15, 0.2) is 5.78 Å². The van der Waals surface area contributed by atoms with E-state index in [4.69, 9.17) is 9.15 Å². The summed E-state index contributed by atoms with van der Waals surface area (Å²) in [5.74, 6) is -1.41. The number of hydrogen-bond donors (Lipinski definition) is 2. The summed E-state index contributed by atoms with van der Waals surface area (Å²) in [6.45, 7) is 3.76. The Labute approximate surface area is 179 Å². The van der Waals surface area contributed by atoms with Crippen LogP contribution in [0.4, 0.5) is 5.69 Å². The molecule has 0 fully saturated rings. The summed E-state index contributed by atoms with van der Waals surface area (Å²) in [7, 11) is 0. The van der Waals surface area contributed by atoms with Crippen LogP contribution in [0.2, 0.25) is 0 Å². The molecule has 0 aliphatic carbocycles. The Bertz CT molecular complexity index is 1150. The molecule has 0 aliphatic heterocycles. The van der Waals surface area contributed by atoms with Crippen LogP contribution >= 0.6 is 0 Å². The Morgan fingerprint density at radius 1 is 0.968 bits per heavy atom. The largest absolute Gasteiger partial charge is 0.506 e. The van der Waals surface area contributed by atoms with Crippen molar-refractivity contribution in [3.05, 3.63) is 81.7 Å². The Morgan fingerprint density at radius 3 is 2.26 bits per heavy atom. The average Bonchev–Trinajstić information content (AvgIpc) is 2.78. The van der Waals surface area contributed by atoms with Crippen molar-refractivity contribution in [2.24, 2.45) is 4.99 Å². The van der Waals surface area contributed by atoms with Crippen molar-refractivity contribution in [1.82, 2.24) is 0 Å². The third-order valence-corrected chi connectivity index (χ3v) is 4.65. The molecule has 1 aromatic heterocycles. The van der Waals surface area contributed by atoms with Crippen molar-refractivity contribution < 1.29 is 24.2 Å². The van der Waals surface area contributed by atoms with Crippen LogP contribution in [-0.4, -0.2) is 21.7 Å². The van der Waals surface area contributed by atoms with Crippen LogP contribution in [0.25, 0.3) is 0 Å². The van der Waals surface area contributed by atoms with Crippen molar-refractivity contribution in [3.8, 4) is 17.4 Å². The number of aromatic hydroxyl groups is 2. The first-order valence-corrected chi connectivity index (χ1v) is 9.91. The van der Waals surface area contributed by atoms with Crippen molar-refractivity contribution in [1.29, 1.82) is 0 Å². The zero-order chi connectivity index (χ0) is 22.4. The molecule has 0 saturated heterocycles. The number of hydrogen-bond acceptors (Lipinski definition) is 7. The number of carbonyl (C=O) groups excluding carboxylic acids is 1. The predicted octanol–water partition coefficient (Wildman–Crippen LogP) is 4.75. The SMILES string of the molecule is CCC(=O)c1c(O)oc(=O)c(C(CC)=Nc2ccc(OCc3ccccc3)cc2)c1O. The van der Waals surface area contributed by atoms with Gasteiger partial charge in [0.2, 0.25) is 0 Å². The number of carbonyl (C=O) groups is 1. The Balaban J connectivity index is 1.88. The van der Waals surface area contributed by atoms with E-state index < -0.39 is 28.7 Å². The van der Waals surface area contributed by atoms with Gasteiger partial charge in [-0.05, 0) is 36.2 Å². The number of benzene rings is 2. The normalized spacial score (nSPS) is 11.4. The highest BCUT2D eigenvalue weighted by atomic mass is 16.5. The molecule has 0 atom stereocenters. The Morgan fingerprint density at radius 2 is 1.65 bits per heavy atom. The second-order valence-electron chi connectivity index (χ2n) is 6.75. The zero-order valence-electron chi connectivity index (χ0n) is 17.3. The highest BCUT2D eigenvalue weighted by Crippen LogP contribution is 2.31. The lowest BCUT2D eigenvalue weighted by molar-refractivity contribution is 0.0976. The minimum Gasteiger partial charge on any atom is -0.506 e. The number of rotatable bonds is 8. The topological polar surface area (TPSA) is 109 Å². The van der Waals surface area contributed by atoms with Crippen LogP contribution in [0, 0.1) is 0 Å². The lowest BCUT2D eigenvalue weighted by Gasteiger charge is -2.10. The lowest BCUT2D eigenvalue weighted by Crippen LogP contribution is -2.17. The van der Waals surface area contributed by atoms with Gasteiger partial charge in [0.25, 0.3) is 5.95 Å². The molecule has 7 heteroatoms. The van der Waals surface area contributed by atoms with E-state index in [2.05, 4.69) is 4.99 Å². The first kappa shape index (κ1) is 21.8. The summed E-state index contributed by atoms with van der Waals surface area (Å²) < 4.78 is 10.5. The molecule has 3 aromatic rings. The zero-order valence-corrected chi connectivity index (χ0v) is 17.3. The quantitative estimate of drug-likeness (QED) is 0.401. The van der Waals surface area contributed by atoms with Crippen molar-refractivity contribution in [3.63, 3.8) is 0 Å². The van der Waals surface area contributed by atoms with Gasteiger partial charge in [0.05, 0.1) is 11.4 Å². The van der Waals surface area contributed by atoms with Crippen LogP contribution in [0.15, 0.2) is 68.8 Å². The molecule has 3 rings (SSSR count). The van der Waals surface area contributed by atoms with Gasteiger partial charge in [-0.15, -0.1) is 0 Å². The van der Waals surface area contributed by atoms with Crippen LogP contribution in [0.1, 0.15) is 48.2 Å². The summed E-state index contributed by atoms with van der Waals surface area (Å²) in [6, 6.07) is 16.7. The molecule has 1 heterocycles. The number of ether oxygens (including phenoxy) is 1. The van der Waals surface area contributed by atoms with Crippen LogP contribution < -0.4 is 10.4 Å². The summed E-state index contributed by atoms with van der Waals surface area (Å²) in [5, 5.41) is 20.3. The third kappa shape index (κ3) is 5.01. The molecule has 0 radical (unpaired) electrons. The van der Waals surface area contributed by atoms with Gasteiger partial charge in [0, 0.05) is 6.42 Å². The molecule has 0 amide bonds. The van der Waals surface area contributed by atoms with Crippen LogP contribution in [0.3, 0.4) is 0 Å². The second-order valence-corrected chi connectivity index (χ2v) is 6.75. The molecule has 0 saturated carbocycles. The van der Waals surface area contributed by atoms with E-state index >= 15 is 0 Å². The molecule has 7 nitrogen and oxygen atoms in total. The van der Waals surface area contributed by atoms with Gasteiger partial charge in [0.1, 0.15) is 29.2 Å². The fourth-order valence-corrected chi connectivity index (χ4v) is 3.02.